The van der Waals surface area contributed by atoms with Crippen LogP contribution in [0.3, 0.4) is 0 Å². The van der Waals surface area contributed by atoms with Crippen molar-refractivity contribution in [1.82, 2.24) is 0 Å². The van der Waals surface area contributed by atoms with Gasteiger partial charge in [0.25, 0.3) is 0 Å². The molecule has 2 aliphatic rings. The minimum Gasteiger partial charge on any atom is -0.376 e. The van der Waals surface area contributed by atoms with Crippen LogP contribution in [0.5, 0.6) is 0 Å². The van der Waals surface area contributed by atoms with Gasteiger partial charge in [0.15, 0.2) is 0 Å². The Hall–Kier alpha value is -2.15. The van der Waals surface area contributed by atoms with Crippen molar-refractivity contribution in [2.45, 2.75) is 35.3 Å². The summed E-state index contributed by atoms with van der Waals surface area (Å²) in [5.41, 5.74) is 1.77. The molecule has 4 nitrogen and oxygen atoms in total. The van der Waals surface area contributed by atoms with Crippen LogP contribution in [-0.4, -0.2) is 37.0 Å². The molecular formula is C27H28O4S. The fraction of sp³-hybridized carbons (Fsp3) is 0.333. The molecule has 2 unspecified atom stereocenters. The van der Waals surface area contributed by atoms with Gasteiger partial charge in [-0.05, 0) is 23.3 Å². The maximum atomic E-state index is 6.64. The zero-order valence-electron chi connectivity index (χ0n) is 18.0. The van der Waals surface area contributed by atoms with Gasteiger partial charge >= 0.3 is 0 Å². The van der Waals surface area contributed by atoms with Gasteiger partial charge in [0.05, 0.1) is 33.0 Å². The third kappa shape index (κ3) is 4.92. The molecule has 0 aliphatic carbocycles. The van der Waals surface area contributed by atoms with Crippen LogP contribution >= 0.6 is 11.8 Å². The second-order valence-corrected chi connectivity index (χ2v) is 9.51. The molecule has 0 N–H and O–H groups in total. The molecule has 2 aliphatic heterocycles. The number of ether oxygens (including phenoxy) is 4. The third-order valence-electron chi connectivity index (χ3n) is 6.07. The Bertz CT molecular complexity index is 969. The quantitative estimate of drug-likeness (QED) is 0.419. The van der Waals surface area contributed by atoms with Gasteiger partial charge in [-0.2, -0.15) is 0 Å². The highest BCUT2D eigenvalue weighted by Gasteiger charge is 2.61. The smallest absolute Gasteiger partial charge is 0.135 e. The summed E-state index contributed by atoms with van der Waals surface area (Å²) in [5, 5.41) is 0. The first-order valence-corrected chi connectivity index (χ1v) is 11.9. The summed E-state index contributed by atoms with van der Waals surface area (Å²) in [5.74, 6) is 0.128. The Balaban J connectivity index is 1.26. The second kappa shape index (κ2) is 10.2. The lowest BCUT2D eigenvalue weighted by Gasteiger charge is -2.31. The molecule has 0 radical (unpaired) electrons. The molecule has 5 rings (SSSR count). The van der Waals surface area contributed by atoms with E-state index in [1.807, 2.05) is 42.5 Å². The van der Waals surface area contributed by atoms with Crippen molar-refractivity contribution in [3.05, 3.63) is 102 Å². The molecule has 166 valence electrons. The molecule has 2 bridgehead atoms. The van der Waals surface area contributed by atoms with Crippen molar-refractivity contribution < 1.29 is 18.9 Å². The van der Waals surface area contributed by atoms with E-state index in [4.69, 9.17) is 18.9 Å². The highest BCUT2D eigenvalue weighted by Crippen LogP contribution is 2.50. The maximum absolute atomic E-state index is 6.64. The zero-order chi connectivity index (χ0) is 21.6. The van der Waals surface area contributed by atoms with E-state index in [0.717, 1.165) is 5.56 Å². The average molecular weight is 449 g/mol. The lowest BCUT2D eigenvalue weighted by atomic mass is 9.90. The molecule has 0 saturated carbocycles. The van der Waals surface area contributed by atoms with E-state index < -0.39 is 5.60 Å². The molecule has 32 heavy (non-hydrogen) atoms. The van der Waals surface area contributed by atoms with Gasteiger partial charge in [-0.3, -0.25) is 0 Å². The predicted molar refractivity (Wildman–Crippen MR) is 125 cm³/mol. The summed E-state index contributed by atoms with van der Waals surface area (Å²) in [6, 6.07) is 30.9. The number of hydrogen-bond acceptors (Lipinski definition) is 5. The summed E-state index contributed by atoms with van der Waals surface area (Å²) in [4.78, 5) is 1.18. The average Bonchev–Trinajstić information content (AvgIpc) is 3.32. The largest absolute Gasteiger partial charge is 0.376 e. The lowest BCUT2D eigenvalue weighted by Crippen LogP contribution is -2.44. The number of benzene rings is 3. The summed E-state index contributed by atoms with van der Waals surface area (Å²) in [6.45, 7) is 2.76. The molecule has 5 heteroatoms. The zero-order valence-corrected chi connectivity index (χ0v) is 18.8. The highest BCUT2D eigenvalue weighted by molar-refractivity contribution is 7.99. The van der Waals surface area contributed by atoms with Gasteiger partial charge in [0.1, 0.15) is 17.1 Å². The van der Waals surface area contributed by atoms with Gasteiger partial charge in [-0.1, -0.05) is 90.6 Å². The minimum absolute atomic E-state index is 0.0173. The minimum atomic E-state index is -0.484. The van der Waals surface area contributed by atoms with Crippen LogP contribution in [0.4, 0.5) is 0 Å². The Labute approximate surface area is 193 Å². The maximum Gasteiger partial charge on any atom is 0.135 e. The van der Waals surface area contributed by atoms with Crippen LogP contribution in [0, 0.1) is 5.92 Å². The van der Waals surface area contributed by atoms with E-state index in [9.17, 15) is 0 Å². The molecular weight excluding hydrogens is 420 g/mol. The van der Waals surface area contributed by atoms with Gasteiger partial charge in [0.2, 0.25) is 0 Å². The molecule has 0 amide bonds. The van der Waals surface area contributed by atoms with E-state index >= 15 is 0 Å². The lowest BCUT2D eigenvalue weighted by molar-refractivity contribution is -0.145. The van der Waals surface area contributed by atoms with Crippen molar-refractivity contribution in [2.24, 2.45) is 5.92 Å². The third-order valence-corrected chi connectivity index (χ3v) is 7.21. The van der Waals surface area contributed by atoms with E-state index in [1.54, 1.807) is 11.8 Å². The van der Waals surface area contributed by atoms with Gasteiger partial charge in [-0.25, -0.2) is 0 Å². The first-order chi connectivity index (χ1) is 15.8. The molecule has 2 fully saturated rings. The van der Waals surface area contributed by atoms with Crippen molar-refractivity contribution in [3.8, 4) is 0 Å². The molecule has 0 aromatic heterocycles. The predicted octanol–water partition coefficient (Wildman–Crippen LogP) is 5.32. The molecule has 3 aromatic rings. The Morgan fingerprint density at radius 2 is 1.38 bits per heavy atom. The highest BCUT2D eigenvalue weighted by atomic mass is 32.2. The van der Waals surface area contributed by atoms with Crippen LogP contribution in [0.25, 0.3) is 0 Å². The number of rotatable bonds is 10. The number of fused-ring (bicyclic) bond motifs is 2. The van der Waals surface area contributed by atoms with Crippen molar-refractivity contribution in [2.75, 3.05) is 19.8 Å². The summed E-state index contributed by atoms with van der Waals surface area (Å²) >= 11 is 1.72. The first-order valence-electron chi connectivity index (χ1n) is 11.1. The van der Waals surface area contributed by atoms with Gasteiger partial charge in [0, 0.05) is 10.8 Å². The van der Waals surface area contributed by atoms with Crippen molar-refractivity contribution >= 4 is 11.8 Å². The van der Waals surface area contributed by atoms with Crippen LogP contribution in [0.2, 0.25) is 0 Å². The summed E-state index contributed by atoms with van der Waals surface area (Å²) < 4.78 is 25.2. The Kier molecular flexibility index (Phi) is 6.91. The summed E-state index contributed by atoms with van der Waals surface area (Å²) in [7, 11) is 0. The summed E-state index contributed by atoms with van der Waals surface area (Å²) in [6.07, 6.45) is -0.0173. The second-order valence-electron chi connectivity index (χ2n) is 8.34. The fourth-order valence-electron chi connectivity index (χ4n) is 4.40. The van der Waals surface area contributed by atoms with Crippen LogP contribution in [0.15, 0.2) is 95.9 Å². The molecule has 2 saturated heterocycles. The van der Waals surface area contributed by atoms with E-state index in [-0.39, 0.29) is 17.5 Å². The fourth-order valence-corrected chi connectivity index (χ4v) is 5.62. The Morgan fingerprint density at radius 3 is 2.03 bits per heavy atom. The molecule has 4 atom stereocenters. The van der Waals surface area contributed by atoms with Gasteiger partial charge in [-0.15, -0.1) is 0 Å². The van der Waals surface area contributed by atoms with Crippen molar-refractivity contribution in [3.63, 3.8) is 0 Å². The number of hydrogen-bond donors (Lipinski definition) is 0. The number of thioether (sulfide) groups is 1. The van der Waals surface area contributed by atoms with E-state index in [2.05, 4.69) is 48.5 Å². The monoisotopic (exact) mass is 448 g/mol. The topological polar surface area (TPSA) is 36.9 Å². The van der Waals surface area contributed by atoms with Crippen LogP contribution in [-0.2, 0) is 32.2 Å². The normalized spacial score (nSPS) is 26.4. The Morgan fingerprint density at radius 1 is 0.781 bits per heavy atom. The first kappa shape index (κ1) is 21.7. The molecule has 3 aromatic carbocycles. The van der Waals surface area contributed by atoms with Crippen LogP contribution in [0.1, 0.15) is 11.1 Å². The van der Waals surface area contributed by atoms with E-state index in [1.165, 1.54) is 10.5 Å². The van der Waals surface area contributed by atoms with Crippen molar-refractivity contribution in [1.29, 1.82) is 0 Å². The SMILES string of the molecule is c1ccc(COCC2C3OC[C@]2(COCc2ccccc2)O[C@H]3Sc2ccccc2)cc1. The molecule has 0 spiro atoms. The molecule has 2 heterocycles. The van der Waals surface area contributed by atoms with E-state index in [0.29, 0.717) is 33.0 Å². The van der Waals surface area contributed by atoms with Gasteiger partial charge < -0.3 is 18.9 Å². The standard InChI is InChI=1S/C27H28O4S/c1-4-10-21(11-5-1)16-28-18-24-25-26(32-23-14-8-3-9-15-23)31-27(24,20-30-25)19-29-17-22-12-6-2-7-13-22/h1-15,24-26H,16-20H2/t24?,25?,26-,27-/m0/s1. The van der Waals surface area contributed by atoms with Crippen LogP contribution < -0.4 is 0 Å².